The fourth-order valence-electron chi connectivity index (χ4n) is 1.12. The van der Waals surface area contributed by atoms with Gasteiger partial charge in [0.05, 0.1) is 12.7 Å². The Morgan fingerprint density at radius 2 is 1.71 bits per heavy atom. The molecule has 92 valence electrons. The van der Waals surface area contributed by atoms with Gasteiger partial charge in [-0.3, -0.25) is 0 Å². The maximum atomic E-state index is 11.0. The van der Waals surface area contributed by atoms with Crippen molar-refractivity contribution >= 4 is 16.3 Å². The standard InChI is InChI=1S/C8H8O7P2/c1-14-7-4-2-6(3-5-7)8(9,16(10)11)15-17(12)13/h2-5,9H,1H3/p+2. The van der Waals surface area contributed by atoms with Crippen molar-refractivity contribution in [2.75, 3.05) is 7.11 Å². The maximum absolute atomic E-state index is 11.0. The van der Waals surface area contributed by atoms with Crippen LogP contribution in [0.1, 0.15) is 5.56 Å². The first-order chi connectivity index (χ1) is 7.90. The van der Waals surface area contributed by atoms with Gasteiger partial charge < -0.3 is 9.84 Å². The molecule has 17 heavy (non-hydrogen) atoms. The van der Waals surface area contributed by atoms with Crippen molar-refractivity contribution in [2.45, 2.75) is 5.53 Å². The lowest BCUT2D eigenvalue weighted by Gasteiger charge is -2.08. The van der Waals surface area contributed by atoms with Gasteiger partial charge in [-0.1, -0.05) is 0 Å². The van der Waals surface area contributed by atoms with Gasteiger partial charge in [0.2, 0.25) is 0 Å². The van der Waals surface area contributed by atoms with Gasteiger partial charge in [0, 0.05) is 4.57 Å². The van der Waals surface area contributed by atoms with E-state index in [2.05, 4.69) is 4.52 Å². The zero-order chi connectivity index (χ0) is 13.1. The highest BCUT2D eigenvalue weighted by molar-refractivity contribution is 7.40. The van der Waals surface area contributed by atoms with Crippen LogP contribution in [0.5, 0.6) is 5.75 Å². The molecule has 0 aliphatic carbocycles. The monoisotopic (exact) mass is 280 g/mol. The van der Waals surface area contributed by atoms with Gasteiger partial charge in [-0.25, -0.2) is 0 Å². The predicted molar refractivity (Wildman–Crippen MR) is 57.6 cm³/mol. The second-order valence-corrected chi connectivity index (χ2v) is 4.75. The zero-order valence-electron chi connectivity index (χ0n) is 8.68. The Morgan fingerprint density at radius 1 is 1.18 bits per heavy atom. The predicted octanol–water partition coefficient (Wildman–Crippen LogP) is 1.20. The Labute approximate surface area is 98.4 Å². The van der Waals surface area contributed by atoms with Crippen LogP contribution >= 0.6 is 16.3 Å². The Balaban J connectivity index is 3.13. The minimum absolute atomic E-state index is 0.126. The molecule has 0 saturated heterocycles. The van der Waals surface area contributed by atoms with Gasteiger partial charge in [0.1, 0.15) is 5.75 Å². The van der Waals surface area contributed by atoms with Crippen molar-refractivity contribution in [2.24, 2.45) is 0 Å². The summed E-state index contributed by atoms with van der Waals surface area (Å²) in [6.07, 6.45) is 0. The molecule has 0 fully saturated rings. The van der Waals surface area contributed by atoms with Crippen LogP contribution in [0.4, 0.5) is 0 Å². The molecule has 0 radical (unpaired) electrons. The van der Waals surface area contributed by atoms with Crippen LogP contribution in [0, 0.1) is 0 Å². The molecule has 1 aromatic rings. The number of methoxy groups -OCH3 is 1. The van der Waals surface area contributed by atoms with Gasteiger partial charge in [0.25, 0.3) is 0 Å². The molecule has 9 heteroatoms. The van der Waals surface area contributed by atoms with Crippen molar-refractivity contribution in [3.05, 3.63) is 29.8 Å². The lowest BCUT2D eigenvalue weighted by atomic mass is 10.2. The van der Waals surface area contributed by atoms with Crippen molar-refractivity contribution in [1.29, 1.82) is 0 Å². The van der Waals surface area contributed by atoms with Gasteiger partial charge in [0.15, 0.2) is 0 Å². The molecular weight excluding hydrogens is 270 g/mol. The number of ether oxygens (including phenoxy) is 1. The van der Waals surface area contributed by atoms with E-state index >= 15 is 0 Å². The number of hydrogen-bond acceptors (Lipinski definition) is 5. The minimum atomic E-state index is -3.27. The Kier molecular flexibility index (Phi) is 4.65. The smallest absolute Gasteiger partial charge is 0.497 e. The van der Waals surface area contributed by atoms with Crippen LogP contribution < -0.4 is 4.74 Å². The van der Waals surface area contributed by atoms with E-state index in [0.717, 1.165) is 0 Å². The van der Waals surface area contributed by atoms with Crippen LogP contribution in [0.15, 0.2) is 24.3 Å². The molecule has 0 aromatic heterocycles. The van der Waals surface area contributed by atoms with Crippen molar-refractivity contribution in [1.82, 2.24) is 0 Å². The highest BCUT2D eigenvalue weighted by Gasteiger charge is 2.59. The summed E-state index contributed by atoms with van der Waals surface area (Å²) in [6.45, 7) is 0. The highest BCUT2D eigenvalue weighted by atomic mass is 31.1. The molecular formula is C8H10O7P2+2. The second-order valence-electron chi connectivity index (χ2n) is 2.94. The summed E-state index contributed by atoms with van der Waals surface area (Å²) < 4.78 is 30.6. The van der Waals surface area contributed by atoms with E-state index in [4.69, 9.17) is 14.5 Å². The lowest BCUT2D eigenvalue weighted by Crippen LogP contribution is -2.22. The molecule has 7 nitrogen and oxygen atoms in total. The number of rotatable bonds is 5. The summed E-state index contributed by atoms with van der Waals surface area (Å²) in [7, 11) is -5.08. The van der Waals surface area contributed by atoms with E-state index in [1.165, 1.54) is 31.4 Å². The van der Waals surface area contributed by atoms with Crippen molar-refractivity contribution < 1.29 is 33.3 Å². The second kappa shape index (κ2) is 5.60. The summed E-state index contributed by atoms with van der Waals surface area (Å²) >= 11 is 0. The largest absolute Gasteiger partial charge is 0.702 e. The van der Waals surface area contributed by atoms with E-state index < -0.39 is 21.8 Å². The molecule has 0 saturated carbocycles. The number of aliphatic hydroxyl groups is 1. The molecule has 3 unspecified atom stereocenters. The quantitative estimate of drug-likeness (QED) is 0.548. The Morgan fingerprint density at radius 3 is 2.06 bits per heavy atom. The van der Waals surface area contributed by atoms with Crippen molar-refractivity contribution in [3.8, 4) is 5.75 Å². The average Bonchev–Trinajstić information content (AvgIpc) is 2.28. The van der Waals surface area contributed by atoms with E-state index in [9.17, 15) is 14.2 Å². The normalized spacial score (nSPS) is 16.0. The van der Waals surface area contributed by atoms with Gasteiger partial charge in [-0.2, -0.15) is 4.89 Å². The fourth-order valence-corrected chi connectivity index (χ4v) is 2.30. The minimum Gasteiger partial charge on any atom is -0.497 e. The van der Waals surface area contributed by atoms with Crippen LogP contribution in [0.3, 0.4) is 0 Å². The number of hydrogen-bond donors (Lipinski definition) is 3. The highest BCUT2D eigenvalue weighted by Crippen LogP contribution is 2.48. The fraction of sp³-hybridized carbons (Fsp3) is 0.250. The maximum Gasteiger partial charge on any atom is 0.702 e. The molecule has 0 amide bonds. The van der Waals surface area contributed by atoms with Crippen LogP contribution in [-0.4, -0.2) is 22.0 Å². The topological polar surface area (TPSA) is 113 Å². The molecule has 3 atom stereocenters. The third-order valence-electron chi connectivity index (χ3n) is 1.93. The van der Waals surface area contributed by atoms with Crippen LogP contribution in [0.25, 0.3) is 0 Å². The van der Waals surface area contributed by atoms with E-state index in [0.29, 0.717) is 5.75 Å². The first-order valence-electron chi connectivity index (χ1n) is 4.28. The summed E-state index contributed by atoms with van der Waals surface area (Å²) in [5.74, 6) is 0.456. The molecule has 0 spiro atoms. The summed E-state index contributed by atoms with van der Waals surface area (Å²) in [4.78, 5) is 17.5. The van der Waals surface area contributed by atoms with E-state index in [1.54, 1.807) is 0 Å². The van der Waals surface area contributed by atoms with Gasteiger partial charge in [-0.05, 0) is 33.4 Å². The molecule has 0 aliphatic rings. The molecule has 0 heterocycles. The number of benzene rings is 1. The molecule has 0 bridgehead atoms. The molecule has 1 rings (SSSR count). The SMILES string of the molecule is COc1ccc(C(O)(O[P+](=O)O)[P+](=O)O)cc1. The first kappa shape index (κ1) is 14.1. The summed E-state index contributed by atoms with van der Waals surface area (Å²) in [5.41, 5.74) is -2.84. The van der Waals surface area contributed by atoms with Crippen LogP contribution in [0.2, 0.25) is 0 Å². The Bertz CT molecular complexity index is 432. The van der Waals surface area contributed by atoms with E-state index in [-0.39, 0.29) is 5.56 Å². The third kappa shape index (κ3) is 3.26. The van der Waals surface area contributed by atoms with Crippen molar-refractivity contribution in [3.63, 3.8) is 0 Å². The Hall–Kier alpha value is -0.940. The lowest BCUT2D eigenvalue weighted by molar-refractivity contribution is -0.0741. The summed E-state index contributed by atoms with van der Waals surface area (Å²) in [5, 5.41) is 9.75. The zero-order valence-corrected chi connectivity index (χ0v) is 10.5. The molecule has 3 N–H and O–H groups in total. The molecule has 1 aromatic carbocycles. The van der Waals surface area contributed by atoms with Crippen LogP contribution in [-0.2, 0) is 19.2 Å². The first-order valence-corrected chi connectivity index (χ1v) is 6.63. The van der Waals surface area contributed by atoms with Gasteiger partial charge >= 0.3 is 21.8 Å². The summed E-state index contributed by atoms with van der Waals surface area (Å²) in [6, 6.07) is 5.32. The third-order valence-corrected chi connectivity index (χ3v) is 3.36. The van der Waals surface area contributed by atoms with E-state index in [1.807, 2.05) is 0 Å². The average molecular weight is 280 g/mol. The van der Waals surface area contributed by atoms with Gasteiger partial charge in [-0.15, -0.1) is 4.89 Å². The molecule has 0 aliphatic heterocycles.